The molecule has 2 heterocycles. The number of carbonyl (C=O) groups excluding carboxylic acids is 4. The molecule has 0 fully saturated rings. The highest BCUT2D eigenvalue weighted by molar-refractivity contribution is 6.07. The lowest BCUT2D eigenvalue weighted by Gasteiger charge is -2.27. The summed E-state index contributed by atoms with van der Waals surface area (Å²) in [6.45, 7) is 7.44. The Morgan fingerprint density at radius 1 is 1.03 bits per heavy atom. The number of carbonyl (C=O) groups is 4. The first-order valence-electron chi connectivity index (χ1n) is 10.9. The average Bonchev–Trinajstić information content (AvgIpc) is 3.25. The Morgan fingerprint density at radius 3 is 2.14 bits per heavy atom. The standard InChI is InChI=1S/C24H27N5O6/c1-6-35-23(33)20-15(4)29(14(3)19(20)16(5)30)27(12-18(31)17-10-8-7-9-11-17)21-13(2)26-28(22(21)32)24(25)34/h7-11,26H,6,12H2,1-5H3,(H2,25,34). The van der Waals surface area contributed by atoms with Crippen molar-refractivity contribution in [2.75, 3.05) is 18.2 Å². The Kier molecular flexibility index (Phi) is 7.09. The molecule has 2 aromatic heterocycles. The summed E-state index contributed by atoms with van der Waals surface area (Å²) in [5.41, 5.74) is 5.90. The van der Waals surface area contributed by atoms with Crippen LogP contribution in [0.2, 0.25) is 0 Å². The number of hydrogen-bond acceptors (Lipinski definition) is 7. The summed E-state index contributed by atoms with van der Waals surface area (Å²) in [5, 5.41) is 3.94. The molecule has 0 unspecified atom stereocenters. The van der Waals surface area contributed by atoms with Crippen molar-refractivity contribution < 1.29 is 23.9 Å². The van der Waals surface area contributed by atoms with Gasteiger partial charge >= 0.3 is 17.6 Å². The van der Waals surface area contributed by atoms with Gasteiger partial charge in [0.15, 0.2) is 11.6 Å². The van der Waals surface area contributed by atoms with Crippen LogP contribution in [0.3, 0.4) is 0 Å². The Bertz CT molecular complexity index is 1380. The van der Waals surface area contributed by atoms with Crippen LogP contribution in [0.15, 0.2) is 35.1 Å². The van der Waals surface area contributed by atoms with Crippen LogP contribution in [0.5, 0.6) is 0 Å². The third kappa shape index (κ3) is 4.52. The van der Waals surface area contributed by atoms with E-state index < -0.39 is 17.6 Å². The Morgan fingerprint density at radius 2 is 1.63 bits per heavy atom. The minimum atomic E-state index is -1.03. The third-order valence-electron chi connectivity index (χ3n) is 5.59. The van der Waals surface area contributed by atoms with Gasteiger partial charge in [-0.2, -0.15) is 4.68 Å². The summed E-state index contributed by atoms with van der Waals surface area (Å²) in [6.07, 6.45) is 0. The third-order valence-corrected chi connectivity index (χ3v) is 5.59. The zero-order valence-corrected chi connectivity index (χ0v) is 20.2. The predicted molar refractivity (Wildman–Crippen MR) is 128 cm³/mol. The summed E-state index contributed by atoms with van der Waals surface area (Å²) in [6, 6.07) is 7.41. The quantitative estimate of drug-likeness (QED) is 0.370. The van der Waals surface area contributed by atoms with Gasteiger partial charge < -0.3 is 10.5 Å². The van der Waals surface area contributed by atoms with Crippen LogP contribution in [0, 0.1) is 20.8 Å². The van der Waals surface area contributed by atoms with Crippen LogP contribution in [0.4, 0.5) is 10.5 Å². The van der Waals surface area contributed by atoms with Crippen molar-refractivity contribution in [3.05, 3.63) is 74.5 Å². The van der Waals surface area contributed by atoms with Crippen LogP contribution in [0.25, 0.3) is 0 Å². The van der Waals surface area contributed by atoms with Crippen LogP contribution >= 0.6 is 0 Å². The van der Waals surface area contributed by atoms with Gasteiger partial charge in [0.25, 0.3) is 0 Å². The van der Waals surface area contributed by atoms with Gasteiger partial charge in [0, 0.05) is 11.3 Å². The van der Waals surface area contributed by atoms with Gasteiger partial charge in [0.05, 0.1) is 29.1 Å². The number of amides is 1. The summed E-state index contributed by atoms with van der Waals surface area (Å²) >= 11 is 0. The molecule has 1 amide bonds. The molecular formula is C24H27N5O6. The number of esters is 1. The number of aromatic nitrogens is 3. The zero-order valence-electron chi connectivity index (χ0n) is 20.2. The molecule has 3 aromatic rings. The molecule has 0 atom stereocenters. The number of Topliss-reactive ketones (excluding diaryl/α,β-unsaturated/α-hetero) is 2. The molecular weight excluding hydrogens is 454 g/mol. The number of nitrogens with zero attached hydrogens (tertiary/aromatic N) is 3. The molecule has 0 radical (unpaired) electrons. The number of H-pyrrole nitrogens is 1. The van der Waals surface area contributed by atoms with E-state index in [0.29, 0.717) is 15.9 Å². The Balaban J connectivity index is 2.32. The van der Waals surface area contributed by atoms with Crippen molar-refractivity contribution in [1.29, 1.82) is 0 Å². The lowest BCUT2D eigenvalue weighted by atomic mass is 10.1. The molecule has 35 heavy (non-hydrogen) atoms. The van der Waals surface area contributed by atoms with E-state index in [9.17, 15) is 24.0 Å². The van der Waals surface area contributed by atoms with Gasteiger partial charge in [-0.1, -0.05) is 30.3 Å². The van der Waals surface area contributed by atoms with E-state index in [2.05, 4.69) is 5.10 Å². The van der Waals surface area contributed by atoms with Crippen molar-refractivity contribution in [3.8, 4) is 0 Å². The van der Waals surface area contributed by atoms with Crippen molar-refractivity contribution in [2.24, 2.45) is 5.73 Å². The van der Waals surface area contributed by atoms with Crippen molar-refractivity contribution in [1.82, 2.24) is 14.5 Å². The number of aryl methyl sites for hydroxylation is 1. The SMILES string of the molecule is CCOC(=O)c1c(C(C)=O)c(C)n(N(CC(=O)c2ccccc2)c2c(C)[nH]n(C(N)=O)c2=O)c1C. The Labute approximate surface area is 201 Å². The first-order chi connectivity index (χ1) is 16.5. The highest BCUT2D eigenvalue weighted by Crippen LogP contribution is 2.28. The largest absolute Gasteiger partial charge is 0.462 e. The predicted octanol–water partition coefficient (Wildman–Crippen LogP) is 2.36. The minimum Gasteiger partial charge on any atom is -0.462 e. The number of anilines is 1. The molecule has 0 aliphatic heterocycles. The maximum absolute atomic E-state index is 13.2. The van der Waals surface area contributed by atoms with Gasteiger partial charge in [0.1, 0.15) is 12.2 Å². The van der Waals surface area contributed by atoms with Crippen LogP contribution in [-0.4, -0.2) is 51.2 Å². The van der Waals surface area contributed by atoms with Gasteiger partial charge in [-0.3, -0.25) is 29.2 Å². The highest BCUT2D eigenvalue weighted by Gasteiger charge is 2.32. The summed E-state index contributed by atoms with van der Waals surface area (Å²) < 4.78 is 7.24. The maximum atomic E-state index is 13.2. The minimum absolute atomic E-state index is 0.0393. The molecule has 0 aliphatic rings. The fourth-order valence-corrected chi connectivity index (χ4v) is 4.17. The molecule has 0 saturated heterocycles. The normalized spacial score (nSPS) is 10.8. The Hall–Kier alpha value is -4.41. The topological polar surface area (TPSA) is 149 Å². The second kappa shape index (κ2) is 9.84. The monoisotopic (exact) mass is 481 g/mol. The molecule has 11 nitrogen and oxygen atoms in total. The number of nitrogens with one attached hydrogen (secondary N) is 1. The van der Waals surface area contributed by atoms with E-state index >= 15 is 0 Å². The number of nitrogens with two attached hydrogens (primary N) is 1. The fourth-order valence-electron chi connectivity index (χ4n) is 4.17. The molecule has 11 heteroatoms. The number of aromatic amines is 1. The lowest BCUT2D eigenvalue weighted by Crippen LogP contribution is -2.41. The van der Waals surface area contributed by atoms with E-state index in [1.807, 2.05) is 0 Å². The van der Waals surface area contributed by atoms with Crippen molar-refractivity contribution in [3.63, 3.8) is 0 Å². The van der Waals surface area contributed by atoms with E-state index in [1.54, 1.807) is 58.0 Å². The molecule has 184 valence electrons. The van der Waals surface area contributed by atoms with E-state index in [1.165, 1.54) is 16.6 Å². The van der Waals surface area contributed by atoms with Crippen LogP contribution in [-0.2, 0) is 4.74 Å². The van der Waals surface area contributed by atoms with E-state index in [0.717, 1.165) is 0 Å². The number of ketones is 2. The number of hydrogen-bond donors (Lipinski definition) is 2. The molecule has 3 N–H and O–H groups in total. The van der Waals surface area contributed by atoms with Gasteiger partial charge in [-0.25, -0.2) is 9.59 Å². The number of benzene rings is 1. The highest BCUT2D eigenvalue weighted by atomic mass is 16.5. The van der Waals surface area contributed by atoms with E-state index in [4.69, 9.17) is 10.5 Å². The molecule has 0 aliphatic carbocycles. The first kappa shape index (κ1) is 25.2. The second-order valence-corrected chi connectivity index (χ2v) is 7.92. The maximum Gasteiger partial charge on any atom is 0.341 e. The summed E-state index contributed by atoms with van der Waals surface area (Å²) in [4.78, 5) is 63.5. The second-order valence-electron chi connectivity index (χ2n) is 7.92. The average molecular weight is 482 g/mol. The molecule has 3 rings (SSSR count). The number of rotatable bonds is 8. The van der Waals surface area contributed by atoms with Gasteiger partial charge in [0.2, 0.25) is 0 Å². The van der Waals surface area contributed by atoms with Gasteiger partial charge in [-0.05, 0) is 34.6 Å². The number of primary amides is 1. The van der Waals surface area contributed by atoms with Crippen LogP contribution in [0.1, 0.15) is 62.0 Å². The first-order valence-corrected chi connectivity index (χ1v) is 10.9. The van der Waals surface area contributed by atoms with Crippen molar-refractivity contribution in [2.45, 2.75) is 34.6 Å². The fraction of sp³-hybridized carbons (Fsp3) is 0.292. The molecule has 0 bridgehead atoms. The molecule has 1 aromatic carbocycles. The molecule has 0 spiro atoms. The van der Waals surface area contributed by atoms with Crippen LogP contribution < -0.4 is 16.3 Å². The van der Waals surface area contributed by atoms with Crippen molar-refractivity contribution >= 4 is 29.3 Å². The molecule has 0 saturated carbocycles. The lowest BCUT2D eigenvalue weighted by molar-refractivity contribution is 0.0522. The number of ether oxygens (including phenoxy) is 1. The van der Waals surface area contributed by atoms with E-state index in [-0.39, 0.29) is 52.9 Å². The summed E-state index contributed by atoms with van der Waals surface area (Å²) in [5.74, 6) is -1.43. The summed E-state index contributed by atoms with van der Waals surface area (Å²) in [7, 11) is 0. The zero-order chi connectivity index (χ0) is 26.0. The van der Waals surface area contributed by atoms with Gasteiger partial charge in [-0.15, -0.1) is 0 Å². The smallest absolute Gasteiger partial charge is 0.341 e.